The van der Waals surface area contributed by atoms with Crippen LogP contribution in [-0.2, 0) is 4.79 Å². The lowest BCUT2D eigenvalue weighted by molar-refractivity contribution is -0.121. The number of hydrogen-bond donors (Lipinski definition) is 1. The molecular weight excluding hydrogens is 378 g/mol. The smallest absolute Gasteiger partial charge is 0.164 e. The highest BCUT2D eigenvalue weighted by Crippen LogP contribution is 2.35. The monoisotopic (exact) mass is 399 g/mol. The van der Waals surface area contributed by atoms with E-state index in [4.69, 9.17) is 15.6 Å². The maximum atomic E-state index is 12.0. The van der Waals surface area contributed by atoms with Crippen molar-refractivity contribution in [3.8, 4) is 22.8 Å². The molecule has 7 heteroatoms. The number of ether oxygens (including phenoxy) is 1. The first-order valence-corrected chi connectivity index (χ1v) is 10.0. The van der Waals surface area contributed by atoms with Gasteiger partial charge >= 0.3 is 0 Å². The van der Waals surface area contributed by atoms with Crippen molar-refractivity contribution < 1.29 is 9.53 Å². The number of nitrogens with two attached hydrogens (primary N) is 1. The summed E-state index contributed by atoms with van der Waals surface area (Å²) in [5.41, 5.74) is 8.48. The van der Waals surface area contributed by atoms with Gasteiger partial charge in [-0.25, -0.2) is 14.6 Å². The van der Waals surface area contributed by atoms with Crippen molar-refractivity contribution in [2.75, 3.05) is 5.73 Å². The molecule has 0 spiro atoms. The molecule has 0 bridgehead atoms. The number of Topliss-reactive ketones (excluding diaryl/α,β-unsaturated/α-hetero) is 1. The Morgan fingerprint density at radius 3 is 2.53 bits per heavy atom. The molecule has 0 radical (unpaired) electrons. The van der Waals surface area contributed by atoms with Crippen molar-refractivity contribution in [3.63, 3.8) is 0 Å². The zero-order valence-corrected chi connectivity index (χ0v) is 16.4. The molecule has 2 heterocycles. The summed E-state index contributed by atoms with van der Waals surface area (Å²) >= 11 is 0. The Labute approximate surface area is 173 Å². The molecule has 1 atom stereocenters. The molecular formula is C23H21N5O2. The van der Waals surface area contributed by atoms with Gasteiger partial charge in [0, 0.05) is 18.4 Å². The van der Waals surface area contributed by atoms with Crippen molar-refractivity contribution in [3.05, 3.63) is 60.9 Å². The van der Waals surface area contributed by atoms with Gasteiger partial charge < -0.3 is 10.5 Å². The van der Waals surface area contributed by atoms with Crippen LogP contribution in [0.1, 0.15) is 31.7 Å². The second-order valence-electron chi connectivity index (χ2n) is 7.48. The summed E-state index contributed by atoms with van der Waals surface area (Å²) in [5, 5.41) is 5.55. The minimum atomic E-state index is -0.00233. The first-order valence-electron chi connectivity index (χ1n) is 10.0. The van der Waals surface area contributed by atoms with Crippen LogP contribution < -0.4 is 10.5 Å². The molecule has 150 valence electrons. The maximum Gasteiger partial charge on any atom is 0.164 e. The Balaban J connectivity index is 1.53. The van der Waals surface area contributed by atoms with Crippen LogP contribution in [0.5, 0.6) is 11.5 Å². The van der Waals surface area contributed by atoms with Gasteiger partial charge in [-0.1, -0.05) is 18.2 Å². The number of carbonyl (C=O) groups is 1. The van der Waals surface area contributed by atoms with Crippen molar-refractivity contribution >= 4 is 22.6 Å². The summed E-state index contributed by atoms with van der Waals surface area (Å²) in [7, 11) is 0. The normalized spacial score (nSPS) is 16.7. The molecule has 0 aliphatic heterocycles. The number of ketones is 1. The fourth-order valence-corrected chi connectivity index (χ4v) is 3.97. The molecule has 1 fully saturated rings. The average molecular weight is 399 g/mol. The predicted molar refractivity (Wildman–Crippen MR) is 114 cm³/mol. The van der Waals surface area contributed by atoms with E-state index in [1.54, 1.807) is 0 Å². The standard InChI is InChI=1S/C23H21N5O2/c24-22-20-21(15-9-11-19(12-10-15)30-18-7-2-1-3-8-18)27-28(23(20)26-14-25-22)16-5-4-6-17(29)13-16/h1-3,7-12,14,16H,4-6,13H2,(H2,24,25,26). The fourth-order valence-electron chi connectivity index (χ4n) is 3.97. The molecule has 0 amide bonds. The summed E-state index contributed by atoms with van der Waals surface area (Å²) in [6, 6.07) is 17.3. The molecule has 1 aliphatic rings. The molecule has 2 N–H and O–H groups in total. The zero-order chi connectivity index (χ0) is 20.5. The van der Waals surface area contributed by atoms with Gasteiger partial charge in [-0.05, 0) is 49.2 Å². The number of benzene rings is 2. The number of rotatable bonds is 4. The van der Waals surface area contributed by atoms with Crippen molar-refractivity contribution in [1.82, 2.24) is 19.7 Å². The number of para-hydroxylation sites is 1. The molecule has 1 unspecified atom stereocenters. The lowest BCUT2D eigenvalue weighted by Gasteiger charge is -2.21. The highest BCUT2D eigenvalue weighted by Gasteiger charge is 2.26. The molecule has 5 rings (SSSR count). The Kier molecular flexibility index (Phi) is 4.63. The largest absolute Gasteiger partial charge is 0.457 e. The van der Waals surface area contributed by atoms with Gasteiger partial charge in [-0.2, -0.15) is 5.10 Å². The molecule has 1 saturated carbocycles. The van der Waals surface area contributed by atoms with Crippen molar-refractivity contribution in [2.24, 2.45) is 0 Å². The molecule has 0 saturated heterocycles. The van der Waals surface area contributed by atoms with E-state index < -0.39 is 0 Å². The van der Waals surface area contributed by atoms with Gasteiger partial charge in [-0.15, -0.1) is 0 Å². The quantitative estimate of drug-likeness (QED) is 0.541. The molecule has 2 aromatic heterocycles. The van der Waals surface area contributed by atoms with E-state index in [9.17, 15) is 4.79 Å². The van der Waals surface area contributed by atoms with Crippen molar-refractivity contribution in [1.29, 1.82) is 0 Å². The SMILES string of the molecule is Nc1ncnc2c1c(-c1ccc(Oc3ccccc3)cc1)nn2C1CCCC(=O)C1. The molecule has 30 heavy (non-hydrogen) atoms. The highest BCUT2D eigenvalue weighted by atomic mass is 16.5. The van der Waals surface area contributed by atoms with Crippen molar-refractivity contribution in [2.45, 2.75) is 31.7 Å². The lowest BCUT2D eigenvalue weighted by Crippen LogP contribution is -2.20. The average Bonchev–Trinajstić information content (AvgIpc) is 3.16. The van der Waals surface area contributed by atoms with Crippen LogP contribution >= 0.6 is 0 Å². The molecule has 2 aromatic carbocycles. The van der Waals surface area contributed by atoms with Gasteiger partial charge in [0.1, 0.15) is 35.1 Å². The minimum Gasteiger partial charge on any atom is -0.457 e. The van der Waals surface area contributed by atoms with Crippen LogP contribution in [-0.4, -0.2) is 25.5 Å². The number of anilines is 1. The fraction of sp³-hybridized carbons (Fsp3) is 0.217. The summed E-state index contributed by atoms with van der Waals surface area (Å²) in [5.74, 6) is 2.16. The second kappa shape index (κ2) is 7.59. The van der Waals surface area contributed by atoms with Crippen LogP contribution in [0, 0.1) is 0 Å². The van der Waals surface area contributed by atoms with Crippen LogP contribution in [0.3, 0.4) is 0 Å². The Bertz CT molecular complexity index is 1200. The Hall–Kier alpha value is -3.74. The van der Waals surface area contributed by atoms with Gasteiger partial charge in [0.15, 0.2) is 5.65 Å². The first kappa shape index (κ1) is 18.3. The summed E-state index contributed by atoms with van der Waals surface area (Å²) in [4.78, 5) is 20.6. The van der Waals surface area contributed by atoms with Gasteiger partial charge in [0.05, 0.1) is 11.4 Å². The third kappa shape index (κ3) is 3.39. The Morgan fingerprint density at radius 2 is 1.77 bits per heavy atom. The number of nitrogen functional groups attached to an aromatic ring is 1. The van der Waals surface area contributed by atoms with Crippen LogP contribution in [0.4, 0.5) is 5.82 Å². The lowest BCUT2D eigenvalue weighted by atomic mass is 9.94. The van der Waals surface area contributed by atoms with Gasteiger partial charge in [-0.3, -0.25) is 4.79 Å². The summed E-state index contributed by atoms with van der Waals surface area (Å²) < 4.78 is 7.74. The van der Waals surface area contributed by atoms with Crippen LogP contribution in [0.15, 0.2) is 60.9 Å². The minimum absolute atomic E-state index is 0.00233. The van der Waals surface area contributed by atoms with Crippen LogP contribution in [0.2, 0.25) is 0 Å². The number of hydrogen-bond acceptors (Lipinski definition) is 6. The van der Waals surface area contributed by atoms with E-state index in [-0.39, 0.29) is 11.8 Å². The topological polar surface area (TPSA) is 95.9 Å². The number of carbonyl (C=O) groups excluding carboxylic acids is 1. The van der Waals surface area contributed by atoms with Crippen LogP contribution in [0.25, 0.3) is 22.3 Å². The summed E-state index contributed by atoms with van der Waals surface area (Å²) in [6.07, 6.45) is 4.33. The summed E-state index contributed by atoms with van der Waals surface area (Å²) in [6.45, 7) is 0. The maximum absolute atomic E-state index is 12.0. The van der Waals surface area contributed by atoms with Gasteiger partial charge in [0.25, 0.3) is 0 Å². The molecule has 1 aliphatic carbocycles. The Morgan fingerprint density at radius 1 is 1.00 bits per heavy atom. The van der Waals surface area contributed by atoms with E-state index in [0.29, 0.717) is 35.4 Å². The third-order valence-corrected chi connectivity index (χ3v) is 5.43. The van der Waals surface area contributed by atoms with E-state index in [1.165, 1.54) is 6.33 Å². The number of nitrogens with zero attached hydrogens (tertiary/aromatic N) is 4. The molecule has 4 aromatic rings. The predicted octanol–water partition coefficient (Wildman–Crippen LogP) is 4.55. The number of aromatic nitrogens is 4. The van der Waals surface area contributed by atoms with E-state index >= 15 is 0 Å². The highest BCUT2D eigenvalue weighted by molar-refractivity contribution is 5.98. The number of fused-ring (bicyclic) bond motifs is 1. The third-order valence-electron chi connectivity index (χ3n) is 5.43. The molecule has 7 nitrogen and oxygen atoms in total. The zero-order valence-electron chi connectivity index (χ0n) is 16.4. The first-order chi connectivity index (χ1) is 14.7. The van der Waals surface area contributed by atoms with E-state index in [2.05, 4.69) is 9.97 Å². The van der Waals surface area contributed by atoms with E-state index in [1.807, 2.05) is 59.3 Å². The van der Waals surface area contributed by atoms with Gasteiger partial charge in [0.2, 0.25) is 0 Å². The van der Waals surface area contributed by atoms with E-state index in [0.717, 1.165) is 29.9 Å². The second-order valence-corrected chi connectivity index (χ2v) is 7.48.